The van der Waals surface area contributed by atoms with E-state index in [9.17, 15) is 9.59 Å². The average molecular weight is 420 g/mol. The molecule has 2 rings (SSSR count). The van der Waals surface area contributed by atoms with E-state index in [0.29, 0.717) is 34.3 Å². The summed E-state index contributed by atoms with van der Waals surface area (Å²) in [6, 6.07) is 11.8. The summed E-state index contributed by atoms with van der Waals surface area (Å²) < 4.78 is 5.35. The minimum atomic E-state index is -0.386. The third kappa shape index (κ3) is 6.21. The summed E-state index contributed by atoms with van der Waals surface area (Å²) >= 11 is 11.3. The lowest BCUT2D eigenvalue weighted by atomic mass is 10.2. The van der Waals surface area contributed by atoms with Crippen molar-refractivity contribution >= 4 is 52.1 Å². The van der Waals surface area contributed by atoms with E-state index in [1.54, 1.807) is 36.4 Å². The van der Waals surface area contributed by atoms with Gasteiger partial charge in [0.25, 0.3) is 5.91 Å². The molecule has 0 saturated carbocycles. The quantitative estimate of drug-likeness (QED) is 0.602. The minimum absolute atomic E-state index is 0.0579. The van der Waals surface area contributed by atoms with E-state index < -0.39 is 0 Å². The van der Waals surface area contributed by atoms with Crippen LogP contribution in [-0.2, 0) is 4.79 Å². The third-order valence-electron chi connectivity index (χ3n) is 3.66. The lowest BCUT2D eigenvalue weighted by Crippen LogP contribution is -2.34. The molecule has 6 nitrogen and oxygen atoms in total. The summed E-state index contributed by atoms with van der Waals surface area (Å²) in [6.45, 7) is 5.99. The molecule has 2 aromatic carbocycles. The van der Waals surface area contributed by atoms with Gasteiger partial charge in [0, 0.05) is 22.9 Å². The molecule has 0 unspecified atom stereocenters. The van der Waals surface area contributed by atoms with Gasteiger partial charge < -0.3 is 15.4 Å². The van der Waals surface area contributed by atoms with Crippen LogP contribution in [0.4, 0.5) is 11.4 Å². The first-order valence-corrected chi connectivity index (χ1v) is 9.54. The number of carbonyl (C=O) groups excluding carboxylic acids is 2. The van der Waals surface area contributed by atoms with Crippen LogP contribution in [-0.4, -0.2) is 23.5 Å². The van der Waals surface area contributed by atoms with Gasteiger partial charge in [-0.05, 0) is 61.6 Å². The van der Waals surface area contributed by atoms with E-state index in [4.69, 9.17) is 28.6 Å². The first kappa shape index (κ1) is 21.7. The topological polar surface area (TPSA) is 79.5 Å². The normalized spacial score (nSPS) is 10.3. The van der Waals surface area contributed by atoms with E-state index in [1.165, 1.54) is 6.07 Å². The van der Waals surface area contributed by atoms with Gasteiger partial charge in [-0.1, -0.05) is 25.4 Å². The number of thiocarbonyl (C=S) groups is 1. The summed E-state index contributed by atoms with van der Waals surface area (Å²) in [6.07, 6.45) is 0. The molecule has 28 heavy (non-hydrogen) atoms. The molecule has 0 atom stereocenters. The molecule has 0 saturated heterocycles. The Hall–Kier alpha value is -2.64. The van der Waals surface area contributed by atoms with Crippen molar-refractivity contribution in [2.75, 3.05) is 17.2 Å². The number of hydrogen-bond acceptors (Lipinski definition) is 4. The number of halogens is 1. The molecule has 0 spiro atoms. The first-order valence-electron chi connectivity index (χ1n) is 8.75. The molecule has 0 aliphatic carbocycles. The molecule has 2 amide bonds. The van der Waals surface area contributed by atoms with E-state index in [0.717, 1.165) is 0 Å². The zero-order valence-electron chi connectivity index (χ0n) is 15.8. The number of carbonyl (C=O) groups is 2. The molecule has 2 aromatic rings. The van der Waals surface area contributed by atoms with Crippen LogP contribution < -0.4 is 20.7 Å². The molecule has 0 bridgehead atoms. The second kappa shape index (κ2) is 10.1. The maximum absolute atomic E-state index is 12.3. The van der Waals surface area contributed by atoms with Gasteiger partial charge in [0.2, 0.25) is 5.91 Å². The van der Waals surface area contributed by atoms with Crippen LogP contribution in [0.25, 0.3) is 0 Å². The van der Waals surface area contributed by atoms with Gasteiger partial charge in [0.15, 0.2) is 5.11 Å². The van der Waals surface area contributed by atoms with Crippen LogP contribution in [0.2, 0.25) is 5.02 Å². The van der Waals surface area contributed by atoms with Gasteiger partial charge in [-0.2, -0.15) is 0 Å². The van der Waals surface area contributed by atoms with Crippen molar-refractivity contribution in [2.45, 2.75) is 20.8 Å². The number of benzene rings is 2. The fraction of sp³-hybridized carbons (Fsp3) is 0.250. The molecule has 148 valence electrons. The Morgan fingerprint density at radius 1 is 1.07 bits per heavy atom. The maximum atomic E-state index is 12.3. The van der Waals surface area contributed by atoms with E-state index >= 15 is 0 Å². The highest BCUT2D eigenvalue weighted by Crippen LogP contribution is 2.25. The molecule has 0 heterocycles. The van der Waals surface area contributed by atoms with E-state index in [2.05, 4.69) is 16.0 Å². The number of amides is 2. The van der Waals surface area contributed by atoms with Gasteiger partial charge in [0.1, 0.15) is 5.75 Å². The molecular weight excluding hydrogens is 398 g/mol. The molecule has 0 aliphatic heterocycles. The standard InChI is InChI=1S/C20H22ClN3O3S/c1-4-27-17-10-5-13(11-16(17)21)19(26)24-20(28)23-15-8-6-14(7-9-15)22-18(25)12(2)3/h5-12H,4H2,1-3H3,(H,22,25)(H2,23,24,26,28). The summed E-state index contributed by atoms with van der Waals surface area (Å²) in [5.41, 5.74) is 1.73. The molecule has 0 radical (unpaired) electrons. The maximum Gasteiger partial charge on any atom is 0.257 e. The fourth-order valence-corrected chi connectivity index (χ4v) is 2.62. The van der Waals surface area contributed by atoms with Crippen molar-refractivity contribution in [2.24, 2.45) is 5.92 Å². The van der Waals surface area contributed by atoms with Crippen molar-refractivity contribution in [3.05, 3.63) is 53.1 Å². The number of anilines is 2. The number of hydrogen-bond donors (Lipinski definition) is 3. The summed E-state index contributed by atoms with van der Waals surface area (Å²) in [5, 5.41) is 8.82. The van der Waals surface area contributed by atoms with Gasteiger partial charge in [0.05, 0.1) is 11.6 Å². The van der Waals surface area contributed by atoms with Crippen LogP contribution in [0, 0.1) is 5.92 Å². The van der Waals surface area contributed by atoms with Gasteiger partial charge in [-0.25, -0.2) is 0 Å². The predicted molar refractivity (Wildman–Crippen MR) is 116 cm³/mol. The molecule has 8 heteroatoms. The van der Waals surface area contributed by atoms with Crippen LogP contribution >= 0.6 is 23.8 Å². The van der Waals surface area contributed by atoms with Crippen molar-refractivity contribution in [3.63, 3.8) is 0 Å². The van der Waals surface area contributed by atoms with Crippen molar-refractivity contribution < 1.29 is 14.3 Å². The van der Waals surface area contributed by atoms with Crippen LogP contribution in [0.1, 0.15) is 31.1 Å². The predicted octanol–water partition coefficient (Wildman–Crippen LogP) is 4.46. The summed E-state index contributed by atoms with van der Waals surface area (Å²) in [4.78, 5) is 24.0. The van der Waals surface area contributed by atoms with Gasteiger partial charge in [-0.3, -0.25) is 14.9 Å². The summed E-state index contributed by atoms with van der Waals surface area (Å²) in [7, 11) is 0. The zero-order valence-corrected chi connectivity index (χ0v) is 17.4. The second-order valence-corrected chi connectivity index (χ2v) is 7.02. The molecular formula is C20H22ClN3O3S. The largest absolute Gasteiger partial charge is 0.492 e. The zero-order chi connectivity index (χ0) is 20.7. The lowest BCUT2D eigenvalue weighted by molar-refractivity contribution is -0.118. The fourth-order valence-electron chi connectivity index (χ4n) is 2.18. The lowest BCUT2D eigenvalue weighted by Gasteiger charge is -2.12. The molecule has 0 aromatic heterocycles. The Kier molecular flexibility index (Phi) is 7.78. The smallest absolute Gasteiger partial charge is 0.257 e. The molecule has 3 N–H and O–H groups in total. The first-order chi connectivity index (χ1) is 13.3. The SMILES string of the molecule is CCOc1ccc(C(=O)NC(=S)Nc2ccc(NC(=O)C(C)C)cc2)cc1Cl. The van der Waals surface area contributed by atoms with Crippen molar-refractivity contribution in [1.82, 2.24) is 5.32 Å². The monoisotopic (exact) mass is 419 g/mol. The Balaban J connectivity index is 1.93. The van der Waals surface area contributed by atoms with Crippen molar-refractivity contribution in [1.29, 1.82) is 0 Å². The van der Waals surface area contributed by atoms with E-state index in [-0.39, 0.29) is 22.8 Å². The Morgan fingerprint density at radius 3 is 2.21 bits per heavy atom. The van der Waals surface area contributed by atoms with Gasteiger partial charge in [-0.15, -0.1) is 0 Å². The molecule has 0 aliphatic rings. The van der Waals surface area contributed by atoms with Crippen molar-refractivity contribution in [3.8, 4) is 5.75 Å². The minimum Gasteiger partial charge on any atom is -0.492 e. The Labute approximate surface area is 174 Å². The number of ether oxygens (including phenoxy) is 1. The van der Waals surface area contributed by atoms with E-state index in [1.807, 2.05) is 20.8 Å². The van der Waals surface area contributed by atoms with Crippen LogP contribution in [0.5, 0.6) is 5.75 Å². The Bertz CT molecular complexity index is 869. The van der Waals surface area contributed by atoms with Crippen LogP contribution in [0.3, 0.4) is 0 Å². The van der Waals surface area contributed by atoms with Gasteiger partial charge >= 0.3 is 0 Å². The second-order valence-electron chi connectivity index (χ2n) is 6.21. The summed E-state index contributed by atoms with van der Waals surface area (Å²) in [5.74, 6) is -0.0245. The number of rotatable bonds is 6. The highest BCUT2D eigenvalue weighted by Gasteiger charge is 2.11. The third-order valence-corrected chi connectivity index (χ3v) is 4.16. The van der Waals surface area contributed by atoms with Crippen LogP contribution in [0.15, 0.2) is 42.5 Å². The highest BCUT2D eigenvalue weighted by molar-refractivity contribution is 7.80. The average Bonchev–Trinajstić information content (AvgIpc) is 2.64. The Morgan fingerprint density at radius 2 is 1.68 bits per heavy atom. The highest BCUT2D eigenvalue weighted by atomic mass is 35.5. The number of nitrogens with one attached hydrogen (secondary N) is 3. The molecule has 0 fully saturated rings.